The Kier molecular flexibility index (Phi) is 2.39. The van der Waals surface area contributed by atoms with Crippen molar-refractivity contribution in [3.8, 4) is 0 Å². The molecule has 14 heavy (non-hydrogen) atoms. The van der Waals surface area contributed by atoms with Crippen molar-refractivity contribution in [2.24, 2.45) is 0 Å². The van der Waals surface area contributed by atoms with Crippen molar-refractivity contribution in [3.05, 3.63) is 0 Å². The molecule has 2 aliphatic rings. The average Bonchev–Trinajstić information content (AvgIpc) is 2.53. The highest BCUT2D eigenvalue weighted by atomic mass is 16.3. The van der Waals surface area contributed by atoms with Gasteiger partial charge in [0, 0.05) is 11.6 Å². The van der Waals surface area contributed by atoms with Crippen LogP contribution in [0, 0.1) is 0 Å². The number of hydrogen-bond acceptors (Lipinski definition) is 2. The van der Waals surface area contributed by atoms with E-state index in [1.807, 2.05) is 6.92 Å². The lowest BCUT2D eigenvalue weighted by Crippen LogP contribution is -2.53. The van der Waals surface area contributed by atoms with E-state index in [0.717, 1.165) is 6.42 Å². The first kappa shape index (κ1) is 10.4. The second kappa shape index (κ2) is 3.21. The molecule has 2 fully saturated rings. The zero-order chi connectivity index (χ0) is 10.4. The summed E-state index contributed by atoms with van der Waals surface area (Å²) in [4.78, 5) is 2.54. The summed E-state index contributed by atoms with van der Waals surface area (Å²) in [6.07, 6.45) is 5.91. The Morgan fingerprint density at radius 1 is 1.14 bits per heavy atom. The Labute approximate surface area is 87.3 Å². The average molecular weight is 197 g/mol. The van der Waals surface area contributed by atoms with Gasteiger partial charge in [-0.3, -0.25) is 4.90 Å². The van der Waals surface area contributed by atoms with E-state index < -0.39 is 5.60 Å². The summed E-state index contributed by atoms with van der Waals surface area (Å²) in [6.45, 7) is 7.82. The van der Waals surface area contributed by atoms with E-state index >= 15 is 0 Å². The zero-order valence-corrected chi connectivity index (χ0v) is 9.71. The van der Waals surface area contributed by atoms with Gasteiger partial charge in [0.2, 0.25) is 0 Å². The lowest BCUT2D eigenvalue weighted by molar-refractivity contribution is -0.0342. The minimum absolute atomic E-state index is 0.305. The predicted octanol–water partition coefficient (Wildman–Crippen LogP) is 2.16. The molecular formula is C12H23NO. The fraction of sp³-hybridized carbons (Fsp3) is 1.00. The predicted molar refractivity (Wildman–Crippen MR) is 58.3 cm³/mol. The molecule has 0 aromatic heterocycles. The van der Waals surface area contributed by atoms with Crippen LogP contribution in [-0.4, -0.2) is 33.7 Å². The van der Waals surface area contributed by atoms with E-state index in [2.05, 4.69) is 18.7 Å². The van der Waals surface area contributed by atoms with E-state index in [0.29, 0.717) is 11.6 Å². The number of hydrogen-bond donors (Lipinski definition) is 1. The summed E-state index contributed by atoms with van der Waals surface area (Å²) in [6, 6.07) is 0.403. The van der Waals surface area contributed by atoms with Gasteiger partial charge < -0.3 is 5.11 Å². The third-order valence-electron chi connectivity index (χ3n) is 4.22. The van der Waals surface area contributed by atoms with Crippen LogP contribution in [0.4, 0.5) is 0 Å². The molecule has 0 spiro atoms. The van der Waals surface area contributed by atoms with Gasteiger partial charge in [-0.2, -0.15) is 0 Å². The SMILES string of the molecule is CC1(O)CCCC1N1CCCC1(C)C. The molecule has 1 aliphatic heterocycles. The van der Waals surface area contributed by atoms with E-state index in [-0.39, 0.29) is 0 Å². The van der Waals surface area contributed by atoms with Gasteiger partial charge in [0.15, 0.2) is 0 Å². The summed E-state index contributed by atoms with van der Waals surface area (Å²) in [7, 11) is 0. The van der Waals surface area contributed by atoms with Gasteiger partial charge in [0.1, 0.15) is 0 Å². The van der Waals surface area contributed by atoms with Gasteiger partial charge in [-0.25, -0.2) is 0 Å². The second-order valence-corrected chi connectivity index (χ2v) is 5.87. The van der Waals surface area contributed by atoms with Gasteiger partial charge >= 0.3 is 0 Å². The maximum absolute atomic E-state index is 10.3. The maximum atomic E-state index is 10.3. The quantitative estimate of drug-likeness (QED) is 0.696. The molecule has 2 nitrogen and oxygen atoms in total. The molecule has 0 bridgehead atoms. The molecule has 82 valence electrons. The van der Waals surface area contributed by atoms with Gasteiger partial charge in [0.05, 0.1) is 5.60 Å². The van der Waals surface area contributed by atoms with Crippen molar-refractivity contribution >= 4 is 0 Å². The Balaban J connectivity index is 2.15. The molecule has 0 aromatic carbocycles. The van der Waals surface area contributed by atoms with Crippen LogP contribution >= 0.6 is 0 Å². The van der Waals surface area contributed by atoms with Gasteiger partial charge in [-0.15, -0.1) is 0 Å². The molecule has 0 aromatic rings. The minimum Gasteiger partial charge on any atom is -0.389 e. The van der Waals surface area contributed by atoms with Crippen molar-refractivity contribution in [1.29, 1.82) is 0 Å². The molecule has 1 heterocycles. The minimum atomic E-state index is -0.443. The van der Waals surface area contributed by atoms with Crippen LogP contribution in [0.2, 0.25) is 0 Å². The van der Waals surface area contributed by atoms with Gasteiger partial charge in [-0.1, -0.05) is 0 Å². The molecular weight excluding hydrogens is 174 g/mol. The summed E-state index contributed by atoms with van der Waals surface area (Å²) in [5, 5.41) is 10.3. The Bertz CT molecular complexity index is 198. The fourth-order valence-corrected chi connectivity index (χ4v) is 3.33. The maximum Gasteiger partial charge on any atom is 0.0774 e. The summed E-state index contributed by atoms with van der Waals surface area (Å²) in [5.41, 5.74) is -0.138. The Morgan fingerprint density at radius 3 is 2.29 bits per heavy atom. The van der Waals surface area contributed by atoms with Crippen LogP contribution in [-0.2, 0) is 0 Å². The molecule has 1 aliphatic carbocycles. The third-order valence-corrected chi connectivity index (χ3v) is 4.22. The first-order valence-corrected chi connectivity index (χ1v) is 5.93. The van der Waals surface area contributed by atoms with E-state index in [9.17, 15) is 5.11 Å². The standard InChI is InChI=1S/C12H23NO/c1-11(2)7-5-9-13(11)10-6-4-8-12(10,3)14/h10,14H,4-9H2,1-3H3. The Hall–Kier alpha value is -0.0800. The van der Waals surface area contributed by atoms with Crippen molar-refractivity contribution < 1.29 is 5.11 Å². The molecule has 2 unspecified atom stereocenters. The number of rotatable bonds is 1. The highest BCUT2D eigenvalue weighted by Gasteiger charge is 2.46. The van der Waals surface area contributed by atoms with Crippen LogP contribution in [0.25, 0.3) is 0 Å². The third kappa shape index (κ3) is 1.59. The molecule has 2 heteroatoms. The lowest BCUT2D eigenvalue weighted by atomic mass is 9.94. The fourth-order valence-electron chi connectivity index (χ4n) is 3.33. The molecule has 0 radical (unpaired) electrons. The summed E-state index contributed by atoms with van der Waals surface area (Å²) >= 11 is 0. The smallest absolute Gasteiger partial charge is 0.0774 e. The van der Waals surface area contributed by atoms with E-state index in [1.165, 1.54) is 32.2 Å². The topological polar surface area (TPSA) is 23.5 Å². The zero-order valence-electron chi connectivity index (χ0n) is 9.71. The number of nitrogens with zero attached hydrogens (tertiary/aromatic N) is 1. The molecule has 1 saturated carbocycles. The molecule has 0 amide bonds. The van der Waals surface area contributed by atoms with Crippen molar-refractivity contribution in [3.63, 3.8) is 0 Å². The van der Waals surface area contributed by atoms with Crippen LogP contribution in [0.1, 0.15) is 52.9 Å². The normalized spacial score (nSPS) is 43.3. The van der Waals surface area contributed by atoms with E-state index in [1.54, 1.807) is 0 Å². The lowest BCUT2D eigenvalue weighted by Gasteiger charge is -2.42. The van der Waals surface area contributed by atoms with Crippen LogP contribution in [0.3, 0.4) is 0 Å². The highest BCUT2D eigenvalue weighted by molar-refractivity contribution is 5.02. The van der Waals surface area contributed by atoms with Crippen LogP contribution in [0.15, 0.2) is 0 Å². The van der Waals surface area contributed by atoms with Crippen molar-refractivity contribution in [2.75, 3.05) is 6.54 Å². The molecule has 1 saturated heterocycles. The van der Waals surface area contributed by atoms with E-state index in [4.69, 9.17) is 0 Å². The Morgan fingerprint density at radius 2 is 1.86 bits per heavy atom. The van der Waals surface area contributed by atoms with Crippen molar-refractivity contribution in [2.45, 2.75) is 70.1 Å². The second-order valence-electron chi connectivity index (χ2n) is 5.87. The first-order valence-electron chi connectivity index (χ1n) is 5.93. The van der Waals surface area contributed by atoms with Gasteiger partial charge in [0.25, 0.3) is 0 Å². The van der Waals surface area contributed by atoms with Gasteiger partial charge in [-0.05, 0) is 59.4 Å². The van der Waals surface area contributed by atoms with Crippen LogP contribution in [0.5, 0.6) is 0 Å². The van der Waals surface area contributed by atoms with Crippen molar-refractivity contribution in [1.82, 2.24) is 4.90 Å². The monoisotopic (exact) mass is 197 g/mol. The summed E-state index contributed by atoms with van der Waals surface area (Å²) in [5.74, 6) is 0. The molecule has 2 rings (SSSR count). The molecule has 2 atom stereocenters. The summed E-state index contributed by atoms with van der Waals surface area (Å²) < 4.78 is 0. The highest BCUT2D eigenvalue weighted by Crippen LogP contribution is 2.40. The number of likely N-dealkylation sites (tertiary alicyclic amines) is 1. The van der Waals surface area contributed by atoms with Crippen LogP contribution < -0.4 is 0 Å². The largest absolute Gasteiger partial charge is 0.389 e. The first-order chi connectivity index (χ1) is 6.43. The number of aliphatic hydroxyl groups is 1. The molecule has 1 N–H and O–H groups in total.